The zero-order chi connectivity index (χ0) is 13.9. The second kappa shape index (κ2) is 5.40. The van der Waals surface area contributed by atoms with Crippen LogP contribution in [0.3, 0.4) is 0 Å². The molecule has 0 spiro atoms. The first kappa shape index (κ1) is 13.5. The Morgan fingerprint density at radius 1 is 0.947 bits per heavy atom. The van der Waals surface area contributed by atoms with Crippen LogP contribution in [0.25, 0.3) is 17.2 Å². The van der Waals surface area contributed by atoms with Gasteiger partial charge in [0.1, 0.15) is 5.67 Å². The predicted octanol–water partition coefficient (Wildman–Crippen LogP) is 5.42. The Labute approximate surface area is 114 Å². The van der Waals surface area contributed by atoms with Gasteiger partial charge in [0.2, 0.25) is 0 Å². The van der Waals surface area contributed by atoms with Crippen LogP contribution in [0.5, 0.6) is 0 Å². The number of alkyl halides is 1. The van der Waals surface area contributed by atoms with Crippen LogP contribution in [0, 0.1) is 6.92 Å². The molecule has 0 aliphatic rings. The van der Waals surface area contributed by atoms with E-state index in [-0.39, 0.29) is 0 Å². The summed E-state index contributed by atoms with van der Waals surface area (Å²) < 4.78 is 13.4. The van der Waals surface area contributed by atoms with Crippen LogP contribution >= 0.6 is 0 Å². The zero-order valence-electron chi connectivity index (χ0n) is 11.7. The Morgan fingerprint density at radius 3 is 2.16 bits per heavy atom. The quantitative estimate of drug-likeness (QED) is 0.685. The van der Waals surface area contributed by atoms with E-state index in [2.05, 4.69) is 31.2 Å². The van der Waals surface area contributed by atoms with Gasteiger partial charge < -0.3 is 0 Å². The van der Waals surface area contributed by atoms with E-state index in [4.69, 9.17) is 0 Å². The Kier molecular flexibility index (Phi) is 3.84. The van der Waals surface area contributed by atoms with E-state index in [0.29, 0.717) is 0 Å². The first-order chi connectivity index (χ1) is 8.96. The van der Waals surface area contributed by atoms with Crippen LogP contribution in [0.4, 0.5) is 4.39 Å². The fraction of sp³-hybridized carbons (Fsp3) is 0.222. The molecule has 0 radical (unpaired) electrons. The Hall–Kier alpha value is -1.89. The van der Waals surface area contributed by atoms with Gasteiger partial charge in [-0.15, -0.1) is 0 Å². The summed E-state index contributed by atoms with van der Waals surface area (Å²) in [5.41, 5.74) is 3.44. The molecule has 2 aromatic carbocycles. The maximum absolute atomic E-state index is 13.4. The number of halogens is 1. The molecule has 0 fully saturated rings. The summed E-state index contributed by atoms with van der Waals surface area (Å²) in [6.45, 7) is 5.20. The van der Waals surface area contributed by atoms with Crippen molar-refractivity contribution in [1.29, 1.82) is 0 Å². The van der Waals surface area contributed by atoms with Crippen LogP contribution < -0.4 is 0 Å². The topological polar surface area (TPSA) is 0 Å². The standard InChI is InChI=1S/C18H19F/c1-14-6-4-5-7-17(14)16-10-8-15(9-11-16)12-13-18(2,3)19/h4-13H,1-3H3/b13-12-. The van der Waals surface area contributed by atoms with E-state index < -0.39 is 5.67 Å². The summed E-state index contributed by atoms with van der Waals surface area (Å²) in [5.74, 6) is 0. The summed E-state index contributed by atoms with van der Waals surface area (Å²) in [6.07, 6.45) is 3.40. The molecule has 1 heteroatoms. The molecule has 0 unspecified atom stereocenters. The maximum Gasteiger partial charge on any atom is 0.123 e. The molecule has 0 bridgehead atoms. The van der Waals surface area contributed by atoms with E-state index in [9.17, 15) is 4.39 Å². The number of rotatable bonds is 3. The van der Waals surface area contributed by atoms with Crippen molar-refractivity contribution in [2.24, 2.45) is 0 Å². The molecular weight excluding hydrogens is 235 g/mol. The largest absolute Gasteiger partial charge is 0.240 e. The van der Waals surface area contributed by atoms with Crippen molar-refractivity contribution in [3.05, 3.63) is 65.7 Å². The molecule has 0 saturated carbocycles. The average Bonchev–Trinajstić information content (AvgIpc) is 2.37. The lowest BCUT2D eigenvalue weighted by Crippen LogP contribution is -2.05. The lowest BCUT2D eigenvalue weighted by atomic mass is 9.99. The molecule has 0 amide bonds. The summed E-state index contributed by atoms with van der Waals surface area (Å²) in [5, 5.41) is 0. The van der Waals surface area contributed by atoms with E-state index >= 15 is 0 Å². The van der Waals surface area contributed by atoms with Crippen molar-refractivity contribution in [2.45, 2.75) is 26.4 Å². The minimum atomic E-state index is -1.27. The van der Waals surface area contributed by atoms with E-state index in [1.165, 1.54) is 16.7 Å². The molecular formula is C18H19F. The molecule has 2 rings (SSSR count). The van der Waals surface area contributed by atoms with Crippen molar-refractivity contribution in [2.75, 3.05) is 0 Å². The molecule has 0 nitrogen and oxygen atoms in total. The van der Waals surface area contributed by atoms with Crippen molar-refractivity contribution in [1.82, 2.24) is 0 Å². The molecule has 0 aliphatic carbocycles. The van der Waals surface area contributed by atoms with E-state index in [0.717, 1.165) is 5.56 Å². The molecule has 19 heavy (non-hydrogen) atoms. The second-order valence-corrected chi connectivity index (χ2v) is 5.33. The lowest BCUT2D eigenvalue weighted by Gasteiger charge is -2.08. The second-order valence-electron chi connectivity index (χ2n) is 5.33. The van der Waals surface area contributed by atoms with Gasteiger partial charge >= 0.3 is 0 Å². The van der Waals surface area contributed by atoms with Crippen molar-refractivity contribution in [3.8, 4) is 11.1 Å². The van der Waals surface area contributed by atoms with Gasteiger partial charge in [-0.1, -0.05) is 54.6 Å². The van der Waals surface area contributed by atoms with Crippen LogP contribution in [0.15, 0.2) is 54.6 Å². The highest BCUT2D eigenvalue weighted by Crippen LogP contribution is 2.24. The van der Waals surface area contributed by atoms with Gasteiger partial charge in [-0.2, -0.15) is 0 Å². The molecule has 0 saturated heterocycles. The average molecular weight is 254 g/mol. The molecule has 0 aliphatic heterocycles. The number of aryl methyl sites for hydroxylation is 1. The van der Waals surface area contributed by atoms with Crippen molar-refractivity contribution in [3.63, 3.8) is 0 Å². The normalized spacial score (nSPS) is 12.0. The Balaban J connectivity index is 2.25. The van der Waals surface area contributed by atoms with Crippen LogP contribution in [-0.4, -0.2) is 5.67 Å². The summed E-state index contributed by atoms with van der Waals surface area (Å²) in [7, 11) is 0. The summed E-state index contributed by atoms with van der Waals surface area (Å²) in [6, 6.07) is 16.5. The first-order valence-corrected chi connectivity index (χ1v) is 6.50. The maximum atomic E-state index is 13.4. The van der Waals surface area contributed by atoms with Crippen LogP contribution in [0.1, 0.15) is 25.0 Å². The SMILES string of the molecule is Cc1ccccc1-c1ccc(/C=C\C(C)(C)F)cc1. The monoisotopic (exact) mass is 254 g/mol. The summed E-state index contributed by atoms with van der Waals surface area (Å²) >= 11 is 0. The minimum absolute atomic E-state index is 1.02. The smallest absolute Gasteiger partial charge is 0.123 e. The van der Waals surface area contributed by atoms with Gasteiger partial charge in [0.15, 0.2) is 0 Å². The van der Waals surface area contributed by atoms with Gasteiger partial charge in [-0.3, -0.25) is 0 Å². The highest BCUT2D eigenvalue weighted by atomic mass is 19.1. The molecule has 0 N–H and O–H groups in total. The van der Waals surface area contributed by atoms with Gasteiger partial charge in [-0.25, -0.2) is 4.39 Å². The van der Waals surface area contributed by atoms with Gasteiger partial charge in [-0.05, 0) is 49.1 Å². The first-order valence-electron chi connectivity index (χ1n) is 6.50. The zero-order valence-corrected chi connectivity index (χ0v) is 11.7. The van der Waals surface area contributed by atoms with E-state index in [1.807, 2.05) is 30.3 Å². The highest BCUT2D eigenvalue weighted by Gasteiger charge is 2.09. The lowest BCUT2D eigenvalue weighted by molar-refractivity contribution is 0.288. The third-order valence-electron chi connectivity index (χ3n) is 3.04. The number of hydrogen-bond acceptors (Lipinski definition) is 0. The fourth-order valence-electron chi connectivity index (χ4n) is 1.96. The van der Waals surface area contributed by atoms with Gasteiger partial charge in [0.25, 0.3) is 0 Å². The number of hydrogen-bond donors (Lipinski definition) is 0. The van der Waals surface area contributed by atoms with Crippen LogP contribution in [0.2, 0.25) is 0 Å². The Morgan fingerprint density at radius 2 is 1.58 bits per heavy atom. The van der Waals surface area contributed by atoms with E-state index in [1.54, 1.807) is 19.9 Å². The third kappa shape index (κ3) is 3.78. The number of allylic oxidation sites excluding steroid dienone is 1. The Bertz CT molecular complexity index is 571. The molecule has 0 heterocycles. The molecule has 2 aromatic rings. The predicted molar refractivity (Wildman–Crippen MR) is 80.8 cm³/mol. The van der Waals surface area contributed by atoms with Crippen LogP contribution in [-0.2, 0) is 0 Å². The highest BCUT2D eigenvalue weighted by molar-refractivity contribution is 5.68. The molecule has 0 aromatic heterocycles. The minimum Gasteiger partial charge on any atom is -0.240 e. The molecule has 98 valence electrons. The molecule has 0 atom stereocenters. The van der Waals surface area contributed by atoms with Gasteiger partial charge in [0.05, 0.1) is 0 Å². The van der Waals surface area contributed by atoms with Crippen molar-refractivity contribution < 1.29 is 4.39 Å². The number of benzene rings is 2. The fourth-order valence-corrected chi connectivity index (χ4v) is 1.96. The van der Waals surface area contributed by atoms with Gasteiger partial charge in [0, 0.05) is 0 Å². The van der Waals surface area contributed by atoms with Crippen molar-refractivity contribution >= 4 is 6.08 Å². The third-order valence-corrected chi connectivity index (χ3v) is 3.04. The summed E-state index contributed by atoms with van der Waals surface area (Å²) in [4.78, 5) is 0.